The first kappa shape index (κ1) is 16.6. The molecule has 126 valence electrons. The van der Waals surface area contributed by atoms with E-state index in [1.807, 2.05) is 35.4 Å². The van der Waals surface area contributed by atoms with Crippen LogP contribution in [0, 0.1) is 6.92 Å². The number of carbonyl (C=O) groups excluding carboxylic acids is 2. The number of nitrogens with one attached hydrogen (secondary N) is 1. The second kappa shape index (κ2) is 7.13. The number of nitrogens with zero attached hydrogens (tertiary/aromatic N) is 2. The van der Waals surface area contributed by atoms with E-state index in [2.05, 4.69) is 10.3 Å². The van der Waals surface area contributed by atoms with Gasteiger partial charge in [-0.25, -0.2) is 0 Å². The summed E-state index contributed by atoms with van der Waals surface area (Å²) in [5.74, 6) is 0.0401. The summed E-state index contributed by atoms with van der Waals surface area (Å²) in [7, 11) is 0. The Balaban J connectivity index is 1.80. The SMILES string of the molecule is CC(=O)NCc1cc([C@@H]2CCCN2C(=O)c2sccc2C)ccn1. The van der Waals surface area contributed by atoms with Crippen LogP contribution in [0.2, 0.25) is 0 Å². The van der Waals surface area contributed by atoms with Gasteiger partial charge in [-0.1, -0.05) is 0 Å². The van der Waals surface area contributed by atoms with Crippen molar-refractivity contribution in [3.05, 3.63) is 51.5 Å². The Morgan fingerprint density at radius 2 is 2.25 bits per heavy atom. The molecule has 0 unspecified atom stereocenters. The second-order valence-corrected chi connectivity index (χ2v) is 7.00. The van der Waals surface area contributed by atoms with Crippen LogP contribution in [-0.4, -0.2) is 28.2 Å². The maximum absolute atomic E-state index is 12.9. The molecule has 1 N–H and O–H groups in total. The number of hydrogen-bond donors (Lipinski definition) is 1. The lowest BCUT2D eigenvalue weighted by atomic mass is 10.0. The molecule has 0 radical (unpaired) electrons. The summed E-state index contributed by atoms with van der Waals surface area (Å²) < 4.78 is 0. The van der Waals surface area contributed by atoms with E-state index >= 15 is 0 Å². The van der Waals surface area contributed by atoms with Crippen LogP contribution < -0.4 is 5.32 Å². The van der Waals surface area contributed by atoms with Crippen molar-refractivity contribution in [2.75, 3.05) is 6.54 Å². The lowest BCUT2D eigenvalue weighted by Gasteiger charge is -2.25. The summed E-state index contributed by atoms with van der Waals surface area (Å²) in [4.78, 5) is 31.0. The molecule has 0 saturated carbocycles. The maximum atomic E-state index is 12.9. The molecule has 3 rings (SSSR count). The fraction of sp³-hybridized carbons (Fsp3) is 0.389. The van der Waals surface area contributed by atoms with Crippen LogP contribution in [0.1, 0.15) is 52.3 Å². The summed E-state index contributed by atoms with van der Waals surface area (Å²) in [5.41, 5.74) is 2.94. The van der Waals surface area contributed by atoms with Crippen molar-refractivity contribution in [2.24, 2.45) is 0 Å². The molecule has 0 aromatic carbocycles. The highest BCUT2D eigenvalue weighted by Crippen LogP contribution is 2.34. The molecule has 24 heavy (non-hydrogen) atoms. The zero-order chi connectivity index (χ0) is 17.1. The van der Waals surface area contributed by atoms with Crippen molar-refractivity contribution in [2.45, 2.75) is 39.3 Å². The molecule has 1 aliphatic heterocycles. The van der Waals surface area contributed by atoms with Crippen molar-refractivity contribution in [3.63, 3.8) is 0 Å². The molecule has 5 nitrogen and oxygen atoms in total. The van der Waals surface area contributed by atoms with Gasteiger partial charge >= 0.3 is 0 Å². The first-order valence-electron chi connectivity index (χ1n) is 8.10. The van der Waals surface area contributed by atoms with E-state index in [-0.39, 0.29) is 17.9 Å². The number of rotatable bonds is 4. The number of aromatic nitrogens is 1. The van der Waals surface area contributed by atoms with E-state index in [1.54, 1.807) is 6.20 Å². The van der Waals surface area contributed by atoms with Gasteiger partial charge in [0.15, 0.2) is 0 Å². The van der Waals surface area contributed by atoms with E-state index < -0.39 is 0 Å². The predicted octanol–water partition coefficient (Wildman–Crippen LogP) is 3.06. The van der Waals surface area contributed by atoms with Gasteiger partial charge in [0, 0.05) is 19.7 Å². The number of likely N-dealkylation sites (tertiary alicyclic amines) is 1. The molecule has 1 saturated heterocycles. The molecule has 0 bridgehead atoms. The monoisotopic (exact) mass is 343 g/mol. The third-order valence-electron chi connectivity index (χ3n) is 4.31. The van der Waals surface area contributed by atoms with Crippen LogP contribution in [0.25, 0.3) is 0 Å². The number of aryl methyl sites for hydroxylation is 1. The minimum Gasteiger partial charge on any atom is -0.351 e. The Bertz CT molecular complexity index is 756. The van der Waals surface area contributed by atoms with E-state index in [0.29, 0.717) is 6.54 Å². The third kappa shape index (κ3) is 3.48. The van der Waals surface area contributed by atoms with Gasteiger partial charge in [0.25, 0.3) is 5.91 Å². The smallest absolute Gasteiger partial charge is 0.264 e. The van der Waals surface area contributed by atoms with Crippen LogP contribution in [-0.2, 0) is 11.3 Å². The number of pyridine rings is 1. The molecule has 2 aromatic heterocycles. The Morgan fingerprint density at radius 1 is 1.42 bits per heavy atom. The highest BCUT2D eigenvalue weighted by Gasteiger charge is 2.31. The van der Waals surface area contributed by atoms with Crippen LogP contribution >= 0.6 is 11.3 Å². The van der Waals surface area contributed by atoms with Gasteiger partial charge < -0.3 is 10.2 Å². The van der Waals surface area contributed by atoms with Crippen LogP contribution in [0.3, 0.4) is 0 Å². The topological polar surface area (TPSA) is 62.3 Å². The van der Waals surface area contributed by atoms with Crippen LogP contribution in [0.5, 0.6) is 0 Å². The molecular formula is C18H21N3O2S. The van der Waals surface area contributed by atoms with Crippen molar-refractivity contribution in [1.29, 1.82) is 0 Å². The van der Waals surface area contributed by atoms with Gasteiger partial charge in [-0.2, -0.15) is 0 Å². The van der Waals surface area contributed by atoms with Crippen LogP contribution in [0.4, 0.5) is 0 Å². The third-order valence-corrected chi connectivity index (χ3v) is 5.32. The number of amides is 2. The average Bonchev–Trinajstić information content (AvgIpc) is 3.21. The highest BCUT2D eigenvalue weighted by atomic mass is 32.1. The number of carbonyl (C=O) groups is 2. The minimum atomic E-state index is -0.0759. The van der Waals surface area contributed by atoms with Crippen molar-refractivity contribution in [3.8, 4) is 0 Å². The lowest BCUT2D eigenvalue weighted by Crippen LogP contribution is -2.30. The normalized spacial score (nSPS) is 17.1. The highest BCUT2D eigenvalue weighted by molar-refractivity contribution is 7.12. The van der Waals surface area contributed by atoms with Crippen molar-refractivity contribution >= 4 is 23.2 Å². The zero-order valence-electron chi connectivity index (χ0n) is 13.9. The Morgan fingerprint density at radius 3 is 2.96 bits per heavy atom. The van der Waals surface area contributed by atoms with E-state index in [9.17, 15) is 9.59 Å². The second-order valence-electron chi connectivity index (χ2n) is 6.08. The maximum Gasteiger partial charge on any atom is 0.264 e. The molecule has 1 aliphatic rings. The number of hydrogen-bond acceptors (Lipinski definition) is 4. The van der Waals surface area contributed by atoms with Crippen LogP contribution in [0.15, 0.2) is 29.8 Å². The Labute approximate surface area is 145 Å². The van der Waals surface area contributed by atoms with E-state index in [1.165, 1.54) is 18.3 Å². The van der Waals surface area contributed by atoms with Gasteiger partial charge in [-0.3, -0.25) is 14.6 Å². The molecule has 6 heteroatoms. The fourth-order valence-corrected chi connectivity index (χ4v) is 3.97. The fourth-order valence-electron chi connectivity index (χ4n) is 3.09. The quantitative estimate of drug-likeness (QED) is 0.928. The Hall–Kier alpha value is -2.21. The van der Waals surface area contributed by atoms with Crippen molar-refractivity contribution in [1.82, 2.24) is 15.2 Å². The first-order valence-corrected chi connectivity index (χ1v) is 8.98. The molecule has 2 aromatic rings. The summed E-state index contributed by atoms with van der Waals surface area (Å²) in [5, 5.41) is 4.73. The molecule has 0 spiro atoms. The van der Waals surface area contributed by atoms with E-state index in [0.717, 1.165) is 41.1 Å². The average molecular weight is 343 g/mol. The predicted molar refractivity (Wildman–Crippen MR) is 93.8 cm³/mol. The summed E-state index contributed by atoms with van der Waals surface area (Å²) >= 11 is 1.51. The van der Waals surface area contributed by atoms with Gasteiger partial charge in [0.2, 0.25) is 5.91 Å². The summed E-state index contributed by atoms with van der Waals surface area (Å²) in [6, 6.07) is 6.03. The largest absolute Gasteiger partial charge is 0.351 e. The molecule has 3 heterocycles. The van der Waals surface area contributed by atoms with Gasteiger partial charge in [0.05, 0.1) is 23.2 Å². The van der Waals surface area contributed by atoms with Gasteiger partial charge in [-0.15, -0.1) is 11.3 Å². The minimum absolute atomic E-state index is 0.0759. The molecular weight excluding hydrogens is 322 g/mol. The molecule has 2 amide bonds. The molecule has 0 aliphatic carbocycles. The van der Waals surface area contributed by atoms with E-state index in [4.69, 9.17) is 0 Å². The summed E-state index contributed by atoms with van der Waals surface area (Å²) in [6.07, 6.45) is 3.72. The summed E-state index contributed by atoms with van der Waals surface area (Å²) in [6.45, 7) is 4.66. The first-order chi connectivity index (χ1) is 11.6. The standard InChI is InChI=1S/C18H21N3O2S/c1-12-6-9-24-17(12)18(23)21-8-3-4-16(21)14-5-7-19-15(10-14)11-20-13(2)22/h5-7,9-10,16H,3-4,8,11H2,1-2H3,(H,20,22)/t16-/m0/s1. The molecule has 1 atom stereocenters. The number of thiophene rings is 1. The zero-order valence-corrected chi connectivity index (χ0v) is 14.7. The van der Waals surface area contributed by atoms with Gasteiger partial charge in [-0.05, 0) is 54.5 Å². The van der Waals surface area contributed by atoms with Gasteiger partial charge in [0.1, 0.15) is 0 Å². The van der Waals surface area contributed by atoms with Crippen molar-refractivity contribution < 1.29 is 9.59 Å². The molecule has 1 fully saturated rings. The lowest BCUT2D eigenvalue weighted by molar-refractivity contribution is -0.119. The Kier molecular flexibility index (Phi) is 4.94.